The van der Waals surface area contributed by atoms with Crippen molar-refractivity contribution in [3.05, 3.63) is 41.7 Å². The van der Waals surface area contributed by atoms with Crippen LogP contribution in [0.15, 0.2) is 30.3 Å². The summed E-state index contributed by atoms with van der Waals surface area (Å²) < 4.78 is 44.8. The number of carbonyl (C=O) groups excluding carboxylic acids is 2. The van der Waals surface area contributed by atoms with E-state index in [0.717, 1.165) is 7.11 Å². The lowest BCUT2D eigenvalue weighted by Crippen LogP contribution is -2.39. The van der Waals surface area contributed by atoms with Crippen LogP contribution in [0.4, 0.5) is 13.2 Å². The lowest BCUT2D eigenvalue weighted by molar-refractivity contribution is -0.142. The van der Waals surface area contributed by atoms with E-state index in [-0.39, 0.29) is 10.9 Å². The maximum Gasteiger partial charge on any atom is 0.435 e. The van der Waals surface area contributed by atoms with E-state index in [9.17, 15) is 22.8 Å². The molecule has 0 unspecified atom stereocenters. The van der Waals surface area contributed by atoms with E-state index in [1.807, 2.05) is 0 Å². The first-order chi connectivity index (χ1) is 12.2. The summed E-state index contributed by atoms with van der Waals surface area (Å²) in [4.78, 5) is 29.9. The minimum Gasteiger partial charge on any atom is -0.467 e. The monoisotopic (exact) mass is 365 g/mol. The molecule has 2 N–H and O–H groups in total. The molecule has 9 heteroatoms. The SMILES string of the molecule is COC(=O)[C@@H](C)NC(=O)c1cc2c([nH]c3ccccc32)c(C(F)(F)F)n1. The fourth-order valence-electron chi connectivity index (χ4n) is 2.67. The van der Waals surface area contributed by atoms with Gasteiger partial charge in [0.1, 0.15) is 11.7 Å². The normalized spacial score (nSPS) is 13.0. The number of alkyl halides is 3. The van der Waals surface area contributed by atoms with Crippen molar-refractivity contribution in [2.24, 2.45) is 0 Å². The maximum atomic E-state index is 13.4. The number of benzene rings is 1. The zero-order chi connectivity index (χ0) is 19.1. The highest BCUT2D eigenvalue weighted by molar-refractivity contribution is 6.10. The predicted molar refractivity (Wildman–Crippen MR) is 87.5 cm³/mol. The Morgan fingerprint density at radius 1 is 1.23 bits per heavy atom. The minimum absolute atomic E-state index is 0.198. The number of fused-ring (bicyclic) bond motifs is 3. The van der Waals surface area contributed by atoms with Crippen LogP contribution in [0.1, 0.15) is 23.1 Å². The van der Waals surface area contributed by atoms with Crippen LogP contribution in [0.5, 0.6) is 0 Å². The molecule has 26 heavy (non-hydrogen) atoms. The van der Waals surface area contributed by atoms with Gasteiger partial charge in [0.25, 0.3) is 5.91 Å². The molecule has 0 aliphatic carbocycles. The number of aromatic amines is 1. The molecule has 2 aromatic heterocycles. The molecule has 0 radical (unpaired) electrons. The number of para-hydroxylation sites is 1. The Labute approximate surface area is 145 Å². The van der Waals surface area contributed by atoms with Gasteiger partial charge in [-0.2, -0.15) is 13.2 Å². The molecule has 0 aliphatic heterocycles. The second-order valence-electron chi connectivity index (χ2n) is 5.67. The maximum absolute atomic E-state index is 13.4. The molecule has 0 saturated heterocycles. The van der Waals surface area contributed by atoms with Crippen LogP contribution in [0.3, 0.4) is 0 Å². The van der Waals surface area contributed by atoms with Crippen LogP contribution in [0.25, 0.3) is 21.8 Å². The summed E-state index contributed by atoms with van der Waals surface area (Å²) in [6, 6.07) is 6.89. The van der Waals surface area contributed by atoms with Gasteiger partial charge in [0.05, 0.1) is 12.6 Å². The van der Waals surface area contributed by atoms with Crippen molar-refractivity contribution in [2.75, 3.05) is 7.11 Å². The number of hydrogen-bond donors (Lipinski definition) is 2. The summed E-state index contributed by atoms with van der Waals surface area (Å²) in [6.45, 7) is 1.36. The van der Waals surface area contributed by atoms with E-state index in [4.69, 9.17) is 0 Å². The Morgan fingerprint density at radius 2 is 1.92 bits per heavy atom. The average molecular weight is 365 g/mol. The number of ether oxygens (including phenoxy) is 1. The number of halogens is 3. The van der Waals surface area contributed by atoms with E-state index in [1.54, 1.807) is 24.3 Å². The third kappa shape index (κ3) is 3.07. The van der Waals surface area contributed by atoms with Crippen LogP contribution >= 0.6 is 0 Å². The van der Waals surface area contributed by atoms with Gasteiger partial charge in [-0.15, -0.1) is 0 Å². The molecule has 136 valence electrons. The van der Waals surface area contributed by atoms with Gasteiger partial charge in [0, 0.05) is 16.3 Å². The van der Waals surface area contributed by atoms with Gasteiger partial charge in [-0.1, -0.05) is 18.2 Å². The molecular formula is C17H14F3N3O3. The number of H-pyrrole nitrogens is 1. The molecule has 0 spiro atoms. The molecule has 3 aromatic rings. The van der Waals surface area contributed by atoms with Gasteiger partial charge in [0.15, 0.2) is 5.69 Å². The smallest absolute Gasteiger partial charge is 0.435 e. The predicted octanol–water partition coefficient (Wildman–Crippen LogP) is 3.03. The average Bonchev–Trinajstić information content (AvgIpc) is 2.97. The number of methoxy groups -OCH3 is 1. The van der Waals surface area contributed by atoms with E-state index < -0.39 is 35.5 Å². The van der Waals surface area contributed by atoms with Gasteiger partial charge >= 0.3 is 12.1 Å². The van der Waals surface area contributed by atoms with Crippen LogP contribution in [0, 0.1) is 0 Å². The Kier molecular flexibility index (Phi) is 4.31. The third-order valence-corrected chi connectivity index (χ3v) is 3.90. The van der Waals surface area contributed by atoms with Gasteiger partial charge in [-0.05, 0) is 19.1 Å². The number of rotatable bonds is 3. The van der Waals surface area contributed by atoms with E-state index in [0.29, 0.717) is 10.9 Å². The molecule has 0 saturated carbocycles. The molecule has 0 fully saturated rings. The number of hydrogen-bond acceptors (Lipinski definition) is 4. The summed E-state index contributed by atoms with van der Waals surface area (Å²) in [5.41, 5.74) is -1.33. The van der Waals surface area contributed by atoms with Crippen molar-refractivity contribution in [1.82, 2.24) is 15.3 Å². The van der Waals surface area contributed by atoms with Crippen LogP contribution in [0.2, 0.25) is 0 Å². The van der Waals surface area contributed by atoms with Crippen LogP contribution in [-0.4, -0.2) is 35.0 Å². The Morgan fingerprint density at radius 3 is 2.58 bits per heavy atom. The lowest BCUT2D eigenvalue weighted by Gasteiger charge is -2.13. The molecule has 0 bridgehead atoms. The van der Waals surface area contributed by atoms with Crippen LogP contribution < -0.4 is 5.32 Å². The number of esters is 1. The fraction of sp³-hybridized carbons (Fsp3) is 0.235. The van der Waals surface area contributed by atoms with Crippen molar-refractivity contribution in [3.63, 3.8) is 0 Å². The van der Waals surface area contributed by atoms with E-state index >= 15 is 0 Å². The van der Waals surface area contributed by atoms with E-state index in [2.05, 4.69) is 20.0 Å². The van der Waals surface area contributed by atoms with Crippen molar-refractivity contribution in [1.29, 1.82) is 0 Å². The Balaban J connectivity index is 2.16. The fourth-order valence-corrected chi connectivity index (χ4v) is 2.67. The number of amides is 1. The first-order valence-corrected chi connectivity index (χ1v) is 7.59. The van der Waals surface area contributed by atoms with Gasteiger partial charge in [0.2, 0.25) is 0 Å². The number of aromatic nitrogens is 2. The van der Waals surface area contributed by atoms with Gasteiger partial charge in [-0.25, -0.2) is 9.78 Å². The Hall–Kier alpha value is -3.10. The lowest BCUT2D eigenvalue weighted by atomic mass is 10.1. The highest BCUT2D eigenvalue weighted by Crippen LogP contribution is 2.36. The molecular weight excluding hydrogens is 351 g/mol. The Bertz CT molecular complexity index is 1010. The highest BCUT2D eigenvalue weighted by Gasteiger charge is 2.37. The second-order valence-corrected chi connectivity index (χ2v) is 5.67. The number of pyridine rings is 1. The first kappa shape index (κ1) is 17.7. The van der Waals surface area contributed by atoms with Crippen LogP contribution in [-0.2, 0) is 15.7 Å². The van der Waals surface area contributed by atoms with Gasteiger partial charge < -0.3 is 15.0 Å². The molecule has 1 aromatic carbocycles. The largest absolute Gasteiger partial charge is 0.467 e. The zero-order valence-corrected chi connectivity index (χ0v) is 13.8. The summed E-state index contributed by atoms with van der Waals surface area (Å²) in [5, 5.41) is 3.03. The summed E-state index contributed by atoms with van der Waals surface area (Å²) in [6.07, 6.45) is -4.76. The highest BCUT2D eigenvalue weighted by atomic mass is 19.4. The zero-order valence-electron chi connectivity index (χ0n) is 13.8. The van der Waals surface area contributed by atoms with Crippen molar-refractivity contribution in [3.8, 4) is 0 Å². The van der Waals surface area contributed by atoms with E-state index in [1.165, 1.54) is 13.0 Å². The summed E-state index contributed by atoms with van der Waals surface area (Å²) >= 11 is 0. The topological polar surface area (TPSA) is 84.1 Å². The van der Waals surface area contributed by atoms with Crippen molar-refractivity contribution in [2.45, 2.75) is 19.1 Å². The molecule has 0 aliphatic rings. The minimum atomic E-state index is -4.76. The third-order valence-electron chi connectivity index (χ3n) is 3.90. The summed E-state index contributed by atoms with van der Waals surface area (Å²) in [7, 11) is 1.14. The molecule has 1 atom stereocenters. The molecule has 3 rings (SSSR count). The van der Waals surface area contributed by atoms with Crippen molar-refractivity contribution >= 4 is 33.7 Å². The second kappa shape index (κ2) is 6.32. The van der Waals surface area contributed by atoms with Crippen molar-refractivity contribution < 1.29 is 27.5 Å². The first-order valence-electron chi connectivity index (χ1n) is 7.59. The standard InChI is InChI=1S/C17H14F3N3O3/c1-8(16(25)26-2)21-15(24)12-7-10-9-5-3-4-6-11(9)22-13(10)14(23-12)17(18,19)20/h3-8,22H,1-2H3,(H,21,24)/t8-/m1/s1. The number of nitrogens with zero attached hydrogens (tertiary/aromatic N) is 1. The van der Waals surface area contributed by atoms with Gasteiger partial charge in [-0.3, -0.25) is 4.79 Å². The quantitative estimate of drug-likeness (QED) is 0.699. The number of carbonyl (C=O) groups is 2. The number of nitrogens with one attached hydrogen (secondary N) is 2. The summed E-state index contributed by atoms with van der Waals surface area (Å²) in [5.74, 6) is -1.62. The molecule has 6 nitrogen and oxygen atoms in total. The molecule has 1 amide bonds. The molecule has 2 heterocycles.